The second kappa shape index (κ2) is 3.65. The Morgan fingerprint density at radius 1 is 1.62 bits per heavy atom. The van der Waals surface area contributed by atoms with Crippen molar-refractivity contribution in [1.82, 2.24) is 19.6 Å². The maximum atomic E-state index is 10.8. The van der Waals surface area contributed by atoms with Gasteiger partial charge in [0.15, 0.2) is 0 Å². The average molecular weight is 218 g/mol. The molecule has 0 aromatic carbocycles. The normalized spacial score (nSPS) is 10.3. The third kappa shape index (κ3) is 1.60. The van der Waals surface area contributed by atoms with Crippen molar-refractivity contribution in [1.29, 1.82) is 0 Å². The monoisotopic (exact) mass is 218 g/mol. The van der Waals surface area contributed by atoms with Gasteiger partial charge in [0.2, 0.25) is 0 Å². The van der Waals surface area contributed by atoms with Gasteiger partial charge in [-0.05, 0) is 6.07 Å². The molecule has 6 heteroatoms. The van der Waals surface area contributed by atoms with Gasteiger partial charge in [-0.2, -0.15) is 10.2 Å². The van der Waals surface area contributed by atoms with Crippen LogP contribution >= 0.6 is 0 Å². The van der Waals surface area contributed by atoms with Crippen molar-refractivity contribution < 1.29 is 9.90 Å². The number of rotatable bonds is 3. The van der Waals surface area contributed by atoms with Crippen LogP contribution in [0.25, 0.3) is 17.5 Å². The summed E-state index contributed by atoms with van der Waals surface area (Å²) in [5.41, 5.74) is 1.47. The first-order valence-corrected chi connectivity index (χ1v) is 4.56. The molecule has 2 rings (SSSR count). The zero-order chi connectivity index (χ0) is 11.7. The second-order valence-corrected chi connectivity index (χ2v) is 3.24. The van der Waals surface area contributed by atoms with Crippen molar-refractivity contribution in [3.63, 3.8) is 0 Å². The average Bonchev–Trinajstić information content (AvgIpc) is 2.83. The Morgan fingerprint density at radius 2 is 2.38 bits per heavy atom. The van der Waals surface area contributed by atoms with Gasteiger partial charge in [0, 0.05) is 25.0 Å². The van der Waals surface area contributed by atoms with Crippen LogP contribution < -0.4 is 0 Å². The van der Waals surface area contributed by atoms with Crippen molar-refractivity contribution in [2.75, 3.05) is 0 Å². The summed E-state index contributed by atoms with van der Waals surface area (Å²) in [6.45, 7) is 3.57. The zero-order valence-corrected chi connectivity index (χ0v) is 8.66. The van der Waals surface area contributed by atoms with E-state index >= 15 is 0 Å². The SMILES string of the molecule is C=Cn1cc(-c2cc(C(=O)O)n(C)n2)cn1. The molecule has 0 spiro atoms. The molecule has 0 radical (unpaired) electrons. The molecule has 0 aliphatic carbocycles. The number of carboxylic acid groups (broad SMARTS) is 1. The molecule has 2 aromatic rings. The van der Waals surface area contributed by atoms with Crippen molar-refractivity contribution in [3.8, 4) is 11.3 Å². The van der Waals surface area contributed by atoms with Gasteiger partial charge in [-0.3, -0.25) is 4.68 Å². The highest BCUT2D eigenvalue weighted by atomic mass is 16.4. The van der Waals surface area contributed by atoms with Gasteiger partial charge in [0.1, 0.15) is 5.69 Å². The lowest BCUT2D eigenvalue weighted by atomic mass is 10.2. The highest BCUT2D eigenvalue weighted by Crippen LogP contribution is 2.17. The molecular weight excluding hydrogens is 208 g/mol. The molecule has 0 aliphatic rings. The predicted molar refractivity (Wildman–Crippen MR) is 57.8 cm³/mol. The van der Waals surface area contributed by atoms with E-state index < -0.39 is 5.97 Å². The fourth-order valence-electron chi connectivity index (χ4n) is 1.38. The number of aryl methyl sites for hydroxylation is 1. The Hall–Kier alpha value is -2.37. The largest absolute Gasteiger partial charge is 0.477 e. The Kier molecular flexibility index (Phi) is 2.32. The molecule has 0 saturated heterocycles. The fraction of sp³-hybridized carbons (Fsp3) is 0.100. The smallest absolute Gasteiger partial charge is 0.354 e. The van der Waals surface area contributed by atoms with Gasteiger partial charge in [0.25, 0.3) is 0 Å². The number of hydrogen-bond donors (Lipinski definition) is 1. The van der Waals surface area contributed by atoms with Crippen molar-refractivity contribution >= 4 is 12.2 Å². The van der Waals surface area contributed by atoms with Crippen LogP contribution in [0.2, 0.25) is 0 Å². The lowest BCUT2D eigenvalue weighted by Crippen LogP contribution is -2.04. The maximum absolute atomic E-state index is 10.8. The summed E-state index contributed by atoms with van der Waals surface area (Å²) >= 11 is 0. The Balaban J connectivity index is 2.44. The van der Waals surface area contributed by atoms with E-state index in [-0.39, 0.29) is 5.69 Å². The Morgan fingerprint density at radius 3 is 2.88 bits per heavy atom. The Bertz CT molecular complexity index is 553. The second-order valence-electron chi connectivity index (χ2n) is 3.24. The third-order valence-electron chi connectivity index (χ3n) is 2.18. The molecule has 0 saturated carbocycles. The highest BCUT2D eigenvalue weighted by molar-refractivity contribution is 5.87. The summed E-state index contributed by atoms with van der Waals surface area (Å²) in [6, 6.07) is 1.51. The summed E-state index contributed by atoms with van der Waals surface area (Å²) in [6.07, 6.45) is 4.88. The van der Waals surface area contributed by atoms with E-state index in [1.165, 1.54) is 15.4 Å². The molecule has 2 heterocycles. The molecule has 0 aliphatic heterocycles. The van der Waals surface area contributed by atoms with Gasteiger partial charge in [-0.15, -0.1) is 0 Å². The lowest BCUT2D eigenvalue weighted by Gasteiger charge is -1.91. The number of hydrogen-bond acceptors (Lipinski definition) is 3. The lowest BCUT2D eigenvalue weighted by molar-refractivity contribution is 0.0685. The molecule has 0 fully saturated rings. The minimum Gasteiger partial charge on any atom is -0.477 e. The van der Waals surface area contributed by atoms with Gasteiger partial charge in [0.05, 0.1) is 11.9 Å². The molecule has 6 nitrogen and oxygen atoms in total. The molecule has 2 aromatic heterocycles. The van der Waals surface area contributed by atoms with E-state index in [1.54, 1.807) is 25.6 Å². The number of carboxylic acids is 1. The van der Waals surface area contributed by atoms with Gasteiger partial charge >= 0.3 is 5.97 Å². The summed E-state index contributed by atoms with van der Waals surface area (Å²) < 4.78 is 2.85. The first-order valence-electron chi connectivity index (χ1n) is 4.56. The van der Waals surface area contributed by atoms with E-state index in [4.69, 9.17) is 5.11 Å². The molecule has 1 N–H and O–H groups in total. The van der Waals surface area contributed by atoms with Crippen LogP contribution in [-0.4, -0.2) is 30.6 Å². The molecular formula is C10H10N4O2. The van der Waals surface area contributed by atoms with Gasteiger partial charge in [-0.1, -0.05) is 6.58 Å². The van der Waals surface area contributed by atoms with Crippen LogP contribution in [0, 0.1) is 0 Å². The van der Waals surface area contributed by atoms with E-state index in [2.05, 4.69) is 16.8 Å². The van der Waals surface area contributed by atoms with Crippen molar-refractivity contribution in [2.45, 2.75) is 0 Å². The van der Waals surface area contributed by atoms with Crippen LogP contribution in [0.15, 0.2) is 25.0 Å². The standard InChI is InChI=1S/C10H10N4O2/c1-3-14-6-7(5-11-14)8-4-9(10(15)16)13(2)12-8/h3-6H,1H2,2H3,(H,15,16). The van der Waals surface area contributed by atoms with Crippen molar-refractivity contribution in [3.05, 3.63) is 30.7 Å². The minimum absolute atomic E-state index is 0.140. The summed E-state index contributed by atoms with van der Waals surface area (Å²) in [7, 11) is 1.59. The summed E-state index contributed by atoms with van der Waals surface area (Å²) in [5.74, 6) is -1.00. The molecule has 0 amide bonds. The number of aromatic carboxylic acids is 1. The van der Waals surface area contributed by atoms with E-state index in [1.807, 2.05) is 0 Å². The van der Waals surface area contributed by atoms with E-state index in [0.717, 1.165) is 5.56 Å². The summed E-state index contributed by atoms with van der Waals surface area (Å²) in [5, 5.41) is 17.0. The topological polar surface area (TPSA) is 72.9 Å². The molecule has 16 heavy (non-hydrogen) atoms. The van der Waals surface area contributed by atoms with E-state index in [0.29, 0.717) is 5.69 Å². The van der Waals surface area contributed by atoms with E-state index in [9.17, 15) is 4.79 Å². The number of carbonyl (C=O) groups is 1. The van der Waals surface area contributed by atoms with Gasteiger partial charge in [-0.25, -0.2) is 9.48 Å². The third-order valence-corrected chi connectivity index (χ3v) is 2.18. The predicted octanol–water partition coefficient (Wildman–Crippen LogP) is 1.08. The van der Waals surface area contributed by atoms with Crippen LogP contribution in [0.1, 0.15) is 10.5 Å². The van der Waals surface area contributed by atoms with Crippen LogP contribution in [0.4, 0.5) is 0 Å². The number of nitrogens with zero attached hydrogens (tertiary/aromatic N) is 4. The maximum Gasteiger partial charge on any atom is 0.354 e. The van der Waals surface area contributed by atoms with Crippen LogP contribution in [0.5, 0.6) is 0 Å². The summed E-state index contributed by atoms with van der Waals surface area (Å²) in [4.78, 5) is 10.8. The quantitative estimate of drug-likeness (QED) is 0.836. The first kappa shape index (κ1) is 10.2. The highest BCUT2D eigenvalue weighted by Gasteiger charge is 2.13. The van der Waals surface area contributed by atoms with Gasteiger partial charge < -0.3 is 5.11 Å². The minimum atomic E-state index is -1.00. The fourth-order valence-corrected chi connectivity index (χ4v) is 1.38. The molecule has 0 bridgehead atoms. The molecule has 0 atom stereocenters. The van der Waals surface area contributed by atoms with Crippen LogP contribution in [0.3, 0.4) is 0 Å². The first-order chi connectivity index (χ1) is 7.61. The van der Waals surface area contributed by atoms with Crippen molar-refractivity contribution in [2.24, 2.45) is 7.05 Å². The molecule has 0 unspecified atom stereocenters. The zero-order valence-electron chi connectivity index (χ0n) is 8.66. The molecule has 82 valence electrons. The Labute approximate surface area is 91.4 Å². The number of aromatic nitrogens is 4. The van der Waals surface area contributed by atoms with Crippen LogP contribution in [-0.2, 0) is 7.05 Å².